The van der Waals surface area contributed by atoms with Crippen molar-refractivity contribution < 1.29 is 4.79 Å². The minimum Gasteiger partial charge on any atom is -0.384 e. The van der Waals surface area contributed by atoms with E-state index in [1.807, 2.05) is 47.8 Å². The van der Waals surface area contributed by atoms with Gasteiger partial charge in [-0.15, -0.1) is 21.5 Å². The van der Waals surface area contributed by atoms with E-state index in [0.717, 1.165) is 22.9 Å². The molecular weight excluding hydrogens is 328 g/mol. The summed E-state index contributed by atoms with van der Waals surface area (Å²) in [5.41, 5.74) is 1.08. The molecule has 0 amide bonds. The number of nitrogens with zero attached hydrogens (tertiary/aromatic N) is 3. The number of benzene rings is 1. The second kappa shape index (κ2) is 7.43. The van der Waals surface area contributed by atoms with Crippen molar-refractivity contribution in [2.75, 3.05) is 17.6 Å². The molecule has 0 radical (unpaired) electrons. The van der Waals surface area contributed by atoms with Crippen molar-refractivity contribution in [3.8, 4) is 10.7 Å². The smallest absolute Gasteiger partial charge is 0.231 e. The fourth-order valence-electron chi connectivity index (χ4n) is 2.11. The molecular formula is C16H16N4OS2. The van der Waals surface area contributed by atoms with E-state index in [1.54, 1.807) is 15.9 Å². The number of thiophene rings is 1. The number of thioether (sulfide) groups is 1. The number of carbonyl (C=O) groups excluding carboxylic acids is 1. The van der Waals surface area contributed by atoms with Gasteiger partial charge in [0.1, 0.15) is 0 Å². The average Bonchev–Trinajstić information content (AvgIpc) is 3.21. The molecule has 5 nitrogen and oxygen atoms in total. The molecule has 1 aromatic carbocycles. The van der Waals surface area contributed by atoms with Crippen molar-refractivity contribution in [2.24, 2.45) is 0 Å². The van der Waals surface area contributed by atoms with Crippen molar-refractivity contribution in [1.29, 1.82) is 0 Å². The maximum Gasteiger partial charge on any atom is 0.231 e. The molecule has 1 N–H and O–H groups in total. The summed E-state index contributed by atoms with van der Waals surface area (Å²) in [4.78, 5) is 12.9. The Hall–Kier alpha value is -2.12. The average molecular weight is 344 g/mol. The molecule has 0 saturated carbocycles. The van der Waals surface area contributed by atoms with Crippen LogP contribution in [0.5, 0.6) is 0 Å². The maximum atomic E-state index is 12.0. The summed E-state index contributed by atoms with van der Waals surface area (Å²) in [7, 11) is 0. The molecule has 0 atom stereocenters. The number of nitrogens with one attached hydrogen (secondary N) is 1. The lowest BCUT2D eigenvalue weighted by Crippen LogP contribution is -2.10. The highest BCUT2D eigenvalue weighted by Crippen LogP contribution is 2.27. The minimum atomic E-state index is -0.0723. The predicted molar refractivity (Wildman–Crippen MR) is 95.3 cm³/mol. The molecule has 3 aromatic rings. The van der Waals surface area contributed by atoms with Crippen molar-refractivity contribution in [1.82, 2.24) is 14.8 Å². The van der Waals surface area contributed by atoms with Crippen LogP contribution in [0.2, 0.25) is 0 Å². The fourth-order valence-corrected chi connectivity index (χ4v) is 3.63. The van der Waals surface area contributed by atoms with Crippen LogP contribution in [0.15, 0.2) is 53.0 Å². The van der Waals surface area contributed by atoms with Crippen molar-refractivity contribution in [3.63, 3.8) is 0 Å². The van der Waals surface area contributed by atoms with Gasteiger partial charge in [-0.3, -0.25) is 4.79 Å². The summed E-state index contributed by atoms with van der Waals surface area (Å²) in [6, 6.07) is 13.9. The molecule has 0 unspecified atom stereocenters. The van der Waals surface area contributed by atoms with Crippen molar-refractivity contribution >= 4 is 34.7 Å². The van der Waals surface area contributed by atoms with Gasteiger partial charge < -0.3 is 5.32 Å². The Bertz CT molecular complexity index is 769. The van der Waals surface area contributed by atoms with Gasteiger partial charge in [0, 0.05) is 24.9 Å². The zero-order valence-corrected chi connectivity index (χ0v) is 14.2. The first-order valence-corrected chi connectivity index (χ1v) is 9.04. The lowest BCUT2D eigenvalue weighted by molar-refractivity contribution is 0.0928. The number of carbonyl (C=O) groups is 1. The molecule has 0 spiro atoms. The SMILES string of the molecule is CC(=O)n1c(SCCNc2ccccc2)nnc1-c1cccs1. The van der Waals surface area contributed by atoms with Gasteiger partial charge in [0.15, 0.2) is 11.0 Å². The third kappa shape index (κ3) is 3.80. The van der Waals surface area contributed by atoms with Gasteiger partial charge in [-0.05, 0) is 23.6 Å². The van der Waals surface area contributed by atoms with Crippen LogP contribution in [0.3, 0.4) is 0 Å². The third-order valence-corrected chi connectivity index (χ3v) is 4.92. The molecule has 118 valence electrons. The van der Waals surface area contributed by atoms with E-state index in [0.29, 0.717) is 11.0 Å². The van der Waals surface area contributed by atoms with Crippen LogP contribution in [0, 0.1) is 0 Å². The molecule has 0 fully saturated rings. The molecule has 3 rings (SSSR count). The fraction of sp³-hybridized carbons (Fsp3) is 0.188. The zero-order chi connectivity index (χ0) is 16.1. The maximum absolute atomic E-state index is 12.0. The molecule has 0 aliphatic heterocycles. The first-order chi connectivity index (χ1) is 11.3. The summed E-state index contributed by atoms with van der Waals surface area (Å²) in [5, 5.41) is 14.3. The van der Waals surface area contributed by atoms with Gasteiger partial charge in [-0.2, -0.15) is 0 Å². The molecule has 2 aromatic heterocycles. The number of aromatic nitrogens is 3. The van der Waals surface area contributed by atoms with E-state index in [1.165, 1.54) is 18.7 Å². The molecule has 23 heavy (non-hydrogen) atoms. The van der Waals surface area contributed by atoms with Crippen LogP contribution < -0.4 is 5.32 Å². The molecule has 0 aliphatic rings. The Labute approximate surface area is 142 Å². The Morgan fingerprint density at radius 1 is 1.22 bits per heavy atom. The first kappa shape index (κ1) is 15.8. The third-order valence-electron chi connectivity index (χ3n) is 3.13. The standard InChI is InChI=1S/C16H16N4OS2/c1-12(21)20-15(14-8-5-10-22-14)18-19-16(20)23-11-9-17-13-6-3-2-4-7-13/h2-8,10,17H,9,11H2,1H3. The van der Waals surface area contributed by atoms with Gasteiger partial charge >= 0.3 is 0 Å². The second-order valence-electron chi connectivity index (χ2n) is 4.78. The van der Waals surface area contributed by atoms with E-state index in [-0.39, 0.29) is 5.91 Å². The summed E-state index contributed by atoms with van der Waals surface area (Å²) in [6.07, 6.45) is 0. The van der Waals surface area contributed by atoms with Crippen LogP contribution in [-0.4, -0.2) is 33.0 Å². The number of anilines is 1. The summed E-state index contributed by atoms with van der Waals surface area (Å²) in [6.45, 7) is 2.32. The number of rotatable bonds is 6. The Morgan fingerprint density at radius 2 is 2.04 bits per heavy atom. The normalized spacial score (nSPS) is 10.7. The highest BCUT2D eigenvalue weighted by molar-refractivity contribution is 7.99. The van der Waals surface area contributed by atoms with Crippen LogP contribution >= 0.6 is 23.1 Å². The number of hydrogen-bond donors (Lipinski definition) is 1. The van der Waals surface area contributed by atoms with E-state index in [9.17, 15) is 4.79 Å². The predicted octanol–water partition coefficient (Wildman–Crippen LogP) is 3.87. The largest absolute Gasteiger partial charge is 0.384 e. The summed E-state index contributed by atoms with van der Waals surface area (Å²) >= 11 is 3.07. The van der Waals surface area contributed by atoms with Crippen LogP contribution in [0.1, 0.15) is 11.7 Å². The molecule has 0 aliphatic carbocycles. The van der Waals surface area contributed by atoms with Crippen LogP contribution in [0.4, 0.5) is 5.69 Å². The number of para-hydroxylation sites is 1. The zero-order valence-electron chi connectivity index (χ0n) is 12.6. The van der Waals surface area contributed by atoms with Gasteiger partial charge in [0.25, 0.3) is 0 Å². The quantitative estimate of drug-likeness (QED) is 0.543. The monoisotopic (exact) mass is 344 g/mol. The van der Waals surface area contributed by atoms with Gasteiger partial charge in [-0.25, -0.2) is 4.57 Å². The van der Waals surface area contributed by atoms with Gasteiger partial charge in [-0.1, -0.05) is 36.0 Å². The van der Waals surface area contributed by atoms with E-state index in [2.05, 4.69) is 15.5 Å². The Balaban J connectivity index is 1.65. The van der Waals surface area contributed by atoms with E-state index >= 15 is 0 Å². The second-order valence-corrected chi connectivity index (χ2v) is 6.79. The lowest BCUT2D eigenvalue weighted by Gasteiger charge is -2.07. The van der Waals surface area contributed by atoms with Crippen molar-refractivity contribution in [2.45, 2.75) is 12.1 Å². The van der Waals surface area contributed by atoms with Crippen LogP contribution in [0.25, 0.3) is 10.7 Å². The Kier molecular flexibility index (Phi) is 5.09. The minimum absolute atomic E-state index is 0.0723. The summed E-state index contributed by atoms with van der Waals surface area (Å²) in [5.74, 6) is 1.34. The first-order valence-electron chi connectivity index (χ1n) is 7.17. The molecule has 7 heteroatoms. The molecule has 0 bridgehead atoms. The topological polar surface area (TPSA) is 59.8 Å². The van der Waals surface area contributed by atoms with Gasteiger partial charge in [0.2, 0.25) is 5.91 Å². The van der Waals surface area contributed by atoms with Gasteiger partial charge in [0.05, 0.1) is 4.88 Å². The van der Waals surface area contributed by atoms with Crippen molar-refractivity contribution in [3.05, 3.63) is 47.8 Å². The summed E-state index contributed by atoms with van der Waals surface area (Å²) < 4.78 is 1.58. The van der Waals surface area contributed by atoms with Crippen LogP contribution in [-0.2, 0) is 0 Å². The van der Waals surface area contributed by atoms with E-state index < -0.39 is 0 Å². The Morgan fingerprint density at radius 3 is 2.74 bits per heavy atom. The molecule has 0 saturated heterocycles. The van der Waals surface area contributed by atoms with E-state index in [4.69, 9.17) is 0 Å². The molecule has 2 heterocycles. The lowest BCUT2D eigenvalue weighted by atomic mass is 10.3. The number of hydrogen-bond acceptors (Lipinski definition) is 6. The highest BCUT2D eigenvalue weighted by atomic mass is 32.2. The highest BCUT2D eigenvalue weighted by Gasteiger charge is 2.17.